The first-order valence-electron chi connectivity index (χ1n) is 21.2. The Balaban J connectivity index is 0.989. The van der Waals surface area contributed by atoms with E-state index in [4.69, 9.17) is 0 Å². The maximum absolute atomic E-state index is 2.45. The zero-order valence-electron chi connectivity index (χ0n) is 33.3. The van der Waals surface area contributed by atoms with Crippen molar-refractivity contribution < 1.29 is 0 Å². The molecular weight excluding hydrogens is 737 g/mol. The summed E-state index contributed by atoms with van der Waals surface area (Å²) in [6.45, 7) is 0. The molecule has 1 aromatic heterocycles. The van der Waals surface area contributed by atoms with E-state index in [1.807, 2.05) is 0 Å². The molecule has 0 radical (unpaired) electrons. The molecule has 0 bridgehead atoms. The molecule has 0 saturated carbocycles. The van der Waals surface area contributed by atoms with Crippen LogP contribution in [0.2, 0.25) is 0 Å². The van der Waals surface area contributed by atoms with Crippen molar-refractivity contribution in [1.29, 1.82) is 0 Å². The van der Waals surface area contributed by atoms with E-state index in [1.54, 1.807) is 0 Å². The molecule has 0 saturated heterocycles. The van der Waals surface area contributed by atoms with Crippen LogP contribution in [0.25, 0.3) is 71.6 Å². The van der Waals surface area contributed by atoms with Gasteiger partial charge in [0.2, 0.25) is 0 Å². The molecule has 11 aromatic rings. The van der Waals surface area contributed by atoms with Gasteiger partial charge in [-0.15, -0.1) is 0 Å². The lowest BCUT2D eigenvalue weighted by Gasteiger charge is -2.31. The van der Waals surface area contributed by atoms with Gasteiger partial charge in [-0.05, 0) is 104 Å². The highest BCUT2D eigenvalue weighted by molar-refractivity contribution is 6.19. The Bertz CT molecular complexity index is 3480. The summed E-state index contributed by atoms with van der Waals surface area (Å²) < 4.78 is 2.45. The van der Waals surface area contributed by atoms with Crippen molar-refractivity contribution in [3.8, 4) is 39.1 Å². The molecule has 2 aliphatic rings. The summed E-state index contributed by atoms with van der Waals surface area (Å²) in [5.41, 5.74) is 19.5. The third kappa shape index (κ3) is 4.73. The first-order chi connectivity index (χ1) is 30.3. The molecule has 0 atom stereocenters. The Morgan fingerprint density at radius 2 is 0.918 bits per heavy atom. The van der Waals surface area contributed by atoms with Crippen LogP contribution in [0.1, 0.15) is 22.3 Å². The van der Waals surface area contributed by atoms with Gasteiger partial charge in [0.25, 0.3) is 0 Å². The number of para-hydroxylation sites is 2. The van der Waals surface area contributed by atoms with Crippen molar-refractivity contribution in [2.75, 3.05) is 4.90 Å². The van der Waals surface area contributed by atoms with Gasteiger partial charge in [0.05, 0.1) is 22.1 Å². The smallest absolute Gasteiger partial charge is 0.0726 e. The van der Waals surface area contributed by atoms with Crippen LogP contribution in [0.15, 0.2) is 231 Å². The van der Waals surface area contributed by atoms with Crippen molar-refractivity contribution in [3.05, 3.63) is 253 Å². The van der Waals surface area contributed by atoms with Crippen LogP contribution in [0.5, 0.6) is 0 Å². The van der Waals surface area contributed by atoms with Crippen LogP contribution < -0.4 is 4.90 Å². The average Bonchev–Trinajstić information content (AvgIpc) is 3.95. The molecule has 0 amide bonds. The zero-order chi connectivity index (χ0) is 40.1. The van der Waals surface area contributed by atoms with E-state index in [1.165, 1.54) is 93.9 Å². The number of benzene rings is 10. The number of fused-ring (bicyclic) bond motifs is 15. The third-order valence-corrected chi connectivity index (χ3v) is 13.4. The van der Waals surface area contributed by atoms with E-state index in [9.17, 15) is 0 Å². The minimum absolute atomic E-state index is 0.408. The summed E-state index contributed by atoms with van der Waals surface area (Å²) in [7, 11) is 0. The van der Waals surface area contributed by atoms with Crippen molar-refractivity contribution in [1.82, 2.24) is 4.57 Å². The molecule has 13 rings (SSSR count). The quantitative estimate of drug-likeness (QED) is 0.169. The van der Waals surface area contributed by atoms with Gasteiger partial charge in [-0.2, -0.15) is 0 Å². The van der Waals surface area contributed by atoms with Crippen molar-refractivity contribution in [2.24, 2.45) is 0 Å². The highest BCUT2D eigenvalue weighted by Crippen LogP contribution is 2.64. The molecule has 10 aromatic carbocycles. The lowest BCUT2D eigenvalue weighted by Crippen LogP contribution is -2.26. The molecule has 61 heavy (non-hydrogen) atoms. The van der Waals surface area contributed by atoms with Gasteiger partial charge in [-0.1, -0.05) is 182 Å². The molecule has 0 fully saturated rings. The Labute approximate surface area is 354 Å². The summed E-state index contributed by atoms with van der Waals surface area (Å²) in [5, 5.41) is 5.02. The number of hydrogen-bond donors (Lipinski definition) is 0. The monoisotopic (exact) mass is 774 g/mol. The van der Waals surface area contributed by atoms with Crippen LogP contribution in [-0.2, 0) is 5.41 Å². The van der Waals surface area contributed by atoms with Crippen molar-refractivity contribution in [2.45, 2.75) is 5.41 Å². The van der Waals surface area contributed by atoms with Crippen LogP contribution in [0.4, 0.5) is 17.1 Å². The molecule has 0 N–H and O–H groups in total. The van der Waals surface area contributed by atoms with E-state index >= 15 is 0 Å². The molecule has 1 spiro atoms. The Morgan fingerprint density at radius 1 is 0.361 bits per heavy atom. The summed E-state index contributed by atoms with van der Waals surface area (Å²) in [6.07, 6.45) is 0. The fourth-order valence-corrected chi connectivity index (χ4v) is 10.9. The van der Waals surface area contributed by atoms with E-state index in [-0.39, 0.29) is 0 Å². The molecule has 284 valence electrons. The van der Waals surface area contributed by atoms with Crippen LogP contribution >= 0.6 is 0 Å². The molecule has 0 unspecified atom stereocenters. The van der Waals surface area contributed by atoms with Gasteiger partial charge in [-0.25, -0.2) is 0 Å². The Kier molecular flexibility index (Phi) is 7.26. The third-order valence-electron chi connectivity index (χ3n) is 13.4. The number of rotatable bonds is 5. The summed E-state index contributed by atoms with van der Waals surface area (Å²) >= 11 is 0. The Morgan fingerprint density at radius 3 is 1.66 bits per heavy atom. The highest BCUT2D eigenvalue weighted by Gasteiger charge is 2.52. The summed E-state index contributed by atoms with van der Waals surface area (Å²) in [4.78, 5) is 2.45. The van der Waals surface area contributed by atoms with E-state index in [0.717, 1.165) is 17.1 Å². The molecule has 2 nitrogen and oxygen atoms in total. The predicted octanol–water partition coefficient (Wildman–Crippen LogP) is 15.4. The molecule has 0 aliphatic heterocycles. The second-order valence-corrected chi connectivity index (χ2v) is 16.4. The number of anilines is 3. The number of hydrogen-bond acceptors (Lipinski definition) is 1. The second kappa shape index (κ2) is 13.0. The largest absolute Gasteiger partial charge is 0.310 e. The number of aromatic nitrogens is 1. The van der Waals surface area contributed by atoms with Gasteiger partial charge in [0.1, 0.15) is 0 Å². The highest BCUT2D eigenvalue weighted by atomic mass is 15.1. The SMILES string of the molecule is c1ccc(N(c2ccc(-c3ccc4c5ccc6ccccc6c5n(-c5ccccc5)c4c3)cc2)c2cccc3c2-c2ccccc2C32c3ccccc3-c3ccccc32)cc1. The van der Waals surface area contributed by atoms with E-state index < -0.39 is 5.41 Å². The van der Waals surface area contributed by atoms with E-state index in [0.29, 0.717) is 0 Å². The van der Waals surface area contributed by atoms with Crippen molar-refractivity contribution >= 4 is 49.6 Å². The van der Waals surface area contributed by atoms with Gasteiger partial charge in [0, 0.05) is 38.8 Å². The molecule has 2 aliphatic carbocycles. The van der Waals surface area contributed by atoms with Gasteiger partial charge < -0.3 is 9.47 Å². The lowest BCUT2D eigenvalue weighted by molar-refractivity contribution is 0.794. The topological polar surface area (TPSA) is 8.17 Å². The molecule has 2 heteroatoms. The summed E-state index contributed by atoms with van der Waals surface area (Å²) in [5.74, 6) is 0. The number of nitrogens with zero attached hydrogens (tertiary/aromatic N) is 2. The minimum Gasteiger partial charge on any atom is -0.310 e. The Hall–Kier alpha value is -7.94. The first kappa shape index (κ1) is 34.0. The normalized spacial score (nSPS) is 13.0. The lowest BCUT2D eigenvalue weighted by atomic mass is 9.70. The van der Waals surface area contributed by atoms with Gasteiger partial charge >= 0.3 is 0 Å². The average molecular weight is 775 g/mol. The van der Waals surface area contributed by atoms with E-state index in [2.05, 4.69) is 240 Å². The minimum atomic E-state index is -0.408. The molecule has 1 heterocycles. The fourth-order valence-electron chi connectivity index (χ4n) is 10.9. The van der Waals surface area contributed by atoms with Crippen LogP contribution in [0, 0.1) is 0 Å². The van der Waals surface area contributed by atoms with Crippen LogP contribution in [-0.4, -0.2) is 4.57 Å². The zero-order valence-corrected chi connectivity index (χ0v) is 33.3. The maximum atomic E-state index is 2.45. The summed E-state index contributed by atoms with van der Waals surface area (Å²) in [6, 6.07) is 85.1. The second-order valence-electron chi connectivity index (χ2n) is 16.4. The van der Waals surface area contributed by atoms with Crippen molar-refractivity contribution in [3.63, 3.8) is 0 Å². The maximum Gasteiger partial charge on any atom is 0.0726 e. The van der Waals surface area contributed by atoms with Crippen LogP contribution in [0.3, 0.4) is 0 Å². The molecular formula is C59H38N2. The first-order valence-corrected chi connectivity index (χ1v) is 21.2. The fraction of sp³-hybridized carbons (Fsp3) is 0.0169. The predicted molar refractivity (Wildman–Crippen MR) is 255 cm³/mol. The standard InChI is InChI=1S/C59H38N2/c1-3-17-42(18-4-1)60(55-29-15-28-54-57(55)50-24-11-14-27-53(50)59(54)51-25-12-9-22-46(51)47-23-10-13-26-52(47)59)44-34-30-39(31-35-44)41-33-36-48-49-37-32-40-16-7-8-21-45(40)58(49)61(56(48)38-41)43-19-5-2-6-20-43/h1-38H. The van der Waals surface area contributed by atoms with Gasteiger partial charge in [0.15, 0.2) is 0 Å². The van der Waals surface area contributed by atoms with Gasteiger partial charge in [-0.3, -0.25) is 0 Å².